The zero-order chi connectivity index (χ0) is 14.0. The molecular weight excluding hydrogens is 232 g/mol. The summed E-state index contributed by atoms with van der Waals surface area (Å²) in [7, 11) is 0. The maximum Gasteiger partial charge on any atom is 0.408 e. The van der Waals surface area contributed by atoms with Crippen molar-refractivity contribution in [3.63, 3.8) is 0 Å². The van der Waals surface area contributed by atoms with Gasteiger partial charge in [-0.25, -0.2) is 4.79 Å². The Morgan fingerprint density at radius 1 is 1.06 bits per heavy atom. The number of carbonyl (C=O) groups excluding carboxylic acids is 2. The SMILES string of the molecule is CC(C)(C)OC(=O)NC(C)(C)C(=O)N1CCCC1. The Hall–Kier alpha value is -1.26. The monoisotopic (exact) mass is 256 g/mol. The van der Waals surface area contributed by atoms with Crippen molar-refractivity contribution < 1.29 is 14.3 Å². The molecule has 1 fully saturated rings. The van der Waals surface area contributed by atoms with Crippen molar-refractivity contribution in [2.45, 2.75) is 58.6 Å². The quantitative estimate of drug-likeness (QED) is 0.821. The van der Waals surface area contributed by atoms with Crippen molar-refractivity contribution in [2.75, 3.05) is 13.1 Å². The Labute approximate surface area is 109 Å². The summed E-state index contributed by atoms with van der Waals surface area (Å²) in [6.07, 6.45) is 1.52. The second-order valence-corrected chi connectivity index (χ2v) is 6.25. The molecule has 0 unspecified atom stereocenters. The lowest BCUT2D eigenvalue weighted by Crippen LogP contribution is -2.56. The first-order chi connectivity index (χ1) is 8.12. The van der Waals surface area contributed by atoms with Crippen molar-refractivity contribution in [1.29, 1.82) is 0 Å². The predicted molar refractivity (Wildman–Crippen MR) is 69.3 cm³/mol. The molecule has 0 radical (unpaired) electrons. The maximum absolute atomic E-state index is 12.2. The Balaban J connectivity index is 2.57. The first-order valence-electron chi connectivity index (χ1n) is 6.42. The molecule has 5 heteroatoms. The molecule has 104 valence electrons. The molecule has 0 aromatic heterocycles. The zero-order valence-corrected chi connectivity index (χ0v) is 12.0. The van der Waals surface area contributed by atoms with Crippen LogP contribution in [0.1, 0.15) is 47.5 Å². The summed E-state index contributed by atoms with van der Waals surface area (Å²) in [5.74, 6) is -0.0501. The highest BCUT2D eigenvalue weighted by Crippen LogP contribution is 2.16. The standard InChI is InChI=1S/C13H24N2O3/c1-12(2,3)18-11(17)14-13(4,5)10(16)15-8-6-7-9-15/h6-9H2,1-5H3,(H,14,17). The Kier molecular flexibility index (Phi) is 4.24. The van der Waals surface area contributed by atoms with Crippen LogP contribution < -0.4 is 5.32 Å². The normalized spacial score (nSPS) is 16.6. The van der Waals surface area contributed by atoms with E-state index in [9.17, 15) is 9.59 Å². The summed E-state index contributed by atoms with van der Waals surface area (Å²) in [6.45, 7) is 10.3. The smallest absolute Gasteiger partial charge is 0.408 e. The summed E-state index contributed by atoms with van der Waals surface area (Å²) >= 11 is 0. The van der Waals surface area contributed by atoms with E-state index >= 15 is 0 Å². The molecule has 0 spiro atoms. The van der Waals surface area contributed by atoms with Gasteiger partial charge in [-0.3, -0.25) is 4.79 Å². The van der Waals surface area contributed by atoms with Gasteiger partial charge in [0.25, 0.3) is 0 Å². The number of carbonyl (C=O) groups is 2. The molecule has 1 heterocycles. The van der Waals surface area contributed by atoms with Gasteiger partial charge in [0.2, 0.25) is 5.91 Å². The highest BCUT2D eigenvalue weighted by Gasteiger charge is 2.35. The van der Waals surface area contributed by atoms with Crippen LogP contribution in [0.15, 0.2) is 0 Å². The van der Waals surface area contributed by atoms with Crippen molar-refractivity contribution >= 4 is 12.0 Å². The first-order valence-corrected chi connectivity index (χ1v) is 6.42. The van der Waals surface area contributed by atoms with Gasteiger partial charge in [0.15, 0.2) is 0 Å². The number of nitrogens with one attached hydrogen (secondary N) is 1. The molecule has 18 heavy (non-hydrogen) atoms. The Morgan fingerprint density at radius 2 is 1.56 bits per heavy atom. The van der Waals surface area contributed by atoms with E-state index in [1.165, 1.54) is 0 Å². The van der Waals surface area contributed by atoms with Crippen molar-refractivity contribution in [3.05, 3.63) is 0 Å². The topological polar surface area (TPSA) is 58.6 Å². The molecule has 0 aromatic carbocycles. The fourth-order valence-electron chi connectivity index (χ4n) is 1.93. The van der Waals surface area contributed by atoms with Crippen LogP contribution in [0.25, 0.3) is 0 Å². The van der Waals surface area contributed by atoms with E-state index in [0.29, 0.717) is 0 Å². The lowest BCUT2D eigenvalue weighted by Gasteiger charge is -2.31. The van der Waals surface area contributed by atoms with Crippen molar-refractivity contribution in [1.82, 2.24) is 10.2 Å². The predicted octanol–water partition coefficient (Wildman–Crippen LogP) is 1.91. The summed E-state index contributed by atoms with van der Waals surface area (Å²) in [6, 6.07) is 0. The molecule has 1 aliphatic heterocycles. The largest absolute Gasteiger partial charge is 0.444 e. The van der Waals surface area contributed by atoms with E-state index in [4.69, 9.17) is 4.74 Å². The van der Waals surface area contributed by atoms with E-state index in [2.05, 4.69) is 5.32 Å². The molecule has 0 atom stereocenters. The van der Waals surface area contributed by atoms with Gasteiger partial charge in [0.05, 0.1) is 0 Å². The van der Waals surface area contributed by atoms with Crippen molar-refractivity contribution in [2.24, 2.45) is 0 Å². The fourth-order valence-corrected chi connectivity index (χ4v) is 1.93. The number of alkyl carbamates (subject to hydrolysis) is 1. The van der Waals surface area contributed by atoms with E-state index in [1.807, 2.05) is 0 Å². The van der Waals surface area contributed by atoms with Gasteiger partial charge >= 0.3 is 6.09 Å². The van der Waals surface area contributed by atoms with Crippen LogP contribution in [0.2, 0.25) is 0 Å². The number of amides is 2. The fraction of sp³-hybridized carbons (Fsp3) is 0.846. The third-order valence-electron chi connectivity index (χ3n) is 2.74. The second-order valence-electron chi connectivity index (χ2n) is 6.25. The van der Waals surface area contributed by atoms with Crippen LogP contribution in [0, 0.1) is 0 Å². The minimum Gasteiger partial charge on any atom is -0.444 e. The van der Waals surface area contributed by atoms with Crippen LogP contribution in [-0.4, -0.2) is 41.1 Å². The number of hydrogen-bond donors (Lipinski definition) is 1. The third kappa shape index (κ3) is 4.20. The van der Waals surface area contributed by atoms with E-state index in [1.54, 1.807) is 39.5 Å². The van der Waals surface area contributed by atoms with Gasteiger partial charge in [0, 0.05) is 13.1 Å². The number of ether oxygens (including phenoxy) is 1. The van der Waals surface area contributed by atoms with Gasteiger partial charge in [-0.1, -0.05) is 0 Å². The van der Waals surface area contributed by atoms with Crippen LogP contribution in [0.3, 0.4) is 0 Å². The molecule has 1 saturated heterocycles. The Bertz CT molecular complexity index is 326. The molecule has 0 aliphatic carbocycles. The van der Waals surface area contributed by atoms with Gasteiger partial charge < -0.3 is 15.0 Å². The third-order valence-corrected chi connectivity index (χ3v) is 2.74. The minimum atomic E-state index is -0.924. The van der Waals surface area contributed by atoms with Gasteiger partial charge in [-0.2, -0.15) is 0 Å². The molecule has 1 aliphatic rings. The summed E-state index contributed by atoms with van der Waals surface area (Å²) in [5, 5.41) is 2.64. The lowest BCUT2D eigenvalue weighted by atomic mass is 10.0. The second kappa shape index (κ2) is 5.16. The Morgan fingerprint density at radius 3 is 2.00 bits per heavy atom. The molecule has 5 nitrogen and oxygen atoms in total. The van der Waals surface area contributed by atoms with Gasteiger partial charge in [0.1, 0.15) is 11.1 Å². The molecule has 1 N–H and O–H groups in total. The zero-order valence-electron chi connectivity index (χ0n) is 12.0. The van der Waals surface area contributed by atoms with E-state index < -0.39 is 17.2 Å². The van der Waals surface area contributed by atoms with Crippen LogP contribution in [0.4, 0.5) is 4.79 Å². The average Bonchev–Trinajstić information content (AvgIpc) is 2.64. The lowest BCUT2D eigenvalue weighted by molar-refractivity contribution is -0.136. The van der Waals surface area contributed by atoms with Crippen LogP contribution >= 0.6 is 0 Å². The van der Waals surface area contributed by atoms with Gasteiger partial charge in [-0.05, 0) is 47.5 Å². The summed E-state index contributed by atoms with van der Waals surface area (Å²) < 4.78 is 5.17. The molecule has 0 bridgehead atoms. The van der Waals surface area contributed by atoms with Crippen LogP contribution in [-0.2, 0) is 9.53 Å². The van der Waals surface area contributed by atoms with Crippen LogP contribution in [0.5, 0.6) is 0 Å². The van der Waals surface area contributed by atoms with Gasteiger partial charge in [-0.15, -0.1) is 0 Å². The molecule has 0 saturated carbocycles. The molecular formula is C13H24N2O3. The van der Waals surface area contributed by atoms with E-state index in [0.717, 1.165) is 25.9 Å². The number of hydrogen-bond acceptors (Lipinski definition) is 3. The minimum absolute atomic E-state index is 0.0501. The first kappa shape index (κ1) is 14.8. The highest BCUT2D eigenvalue weighted by atomic mass is 16.6. The summed E-state index contributed by atoms with van der Waals surface area (Å²) in [5.41, 5.74) is -1.48. The van der Waals surface area contributed by atoms with E-state index in [-0.39, 0.29) is 5.91 Å². The maximum atomic E-state index is 12.2. The molecule has 0 aromatic rings. The molecule has 1 rings (SSSR count). The van der Waals surface area contributed by atoms with Crippen molar-refractivity contribution in [3.8, 4) is 0 Å². The number of likely N-dealkylation sites (tertiary alicyclic amines) is 1. The molecule has 2 amide bonds. The summed E-state index contributed by atoms with van der Waals surface area (Å²) in [4.78, 5) is 25.7. The number of nitrogens with zero attached hydrogens (tertiary/aromatic N) is 1. The average molecular weight is 256 g/mol. The number of rotatable bonds is 2. The highest BCUT2D eigenvalue weighted by molar-refractivity contribution is 5.89.